The zero-order valence-corrected chi connectivity index (χ0v) is 12.4. The van der Waals surface area contributed by atoms with E-state index in [2.05, 4.69) is 14.9 Å². The van der Waals surface area contributed by atoms with E-state index in [0.717, 1.165) is 49.2 Å². The number of anilines is 1. The Labute approximate surface area is 120 Å². The number of piperazine rings is 1. The molecule has 2 heterocycles. The van der Waals surface area contributed by atoms with E-state index in [-0.39, 0.29) is 5.84 Å². The molecule has 0 spiro atoms. The quantitative estimate of drug-likeness (QED) is 0.622. The van der Waals surface area contributed by atoms with Gasteiger partial charge >= 0.3 is 0 Å². The number of amidine groups is 1. The van der Waals surface area contributed by atoms with Gasteiger partial charge in [-0.2, -0.15) is 5.10 Å². The Bertz CT molecular complexity index is 508. The predicted octanol–water partition coefficient (Wildman–Crippen LogP) is 0.545. The molecule has 110 valence electrons. The van der Waals surface area contributed by atoms with Crippen molar-refractivity contribution >= 4 is 11.7 Å². The third kappa shape index (κ3) is 2.52. The van der Waals surface area contributed by atoms with Crippen LogP contribution in [0.25, 0.3) is 0 Å². The van der Waals surface area contributed by atoms with Gasteiger partial charge in [-0.05, 0) is 25.7 Å². The van der Waals surface area contributed by atoms with Crippen molar-refractivity contribution in [1.29, 1.82) is 5.41 Å². The first-order valence-electron chi connectivity index (χ1n) is 7.41. The molecule has 0 bridgehead atoms. The number of hydrogen-bond acceptors (Lipinski definition) is 4. The molecule has 1 aliphatic heterocycles. The van der Waals surface area contributed by atoms with Crippen LogP contribution in [0.5, 0.6) is 0 Å². The molecule has 0 unspecified atom stereocenters. The first kappa shape index (κ1) is 13.4. The summed E-state index contributed by atoms with van der Waals surface area (Å²) in [5.74, 6) is 2.07. The van der Waals surface area contributed by atoms with Crippen LogP contribution in [0.4, 0.5) is 5.82 Å². The highest BCUT2D eigenvalue weighted by atomic mass is 15.4. The van der Waals surface area contributed by atoms with Crippen LogP contribution < -0.4 is 10.6 Å². The number of rotatable bonds is 4. The smallest absolute Gasteiger partial charge is 0.137 e. The van der Waals surface area contributed by atoms with Gasteiger partial charge in [-0.15, -0.1) is 0 Å². The van der Waals surface area contributed by atoms with Gasteiger partial charge in [0.1, 0.15) is 11.7 Å². The molecular weight excluding hydrogens is 252 g/mol. The van der Waals surface area contributed by atoms with E-state index in [1.54, 1.807) is 0 Å². The number of nitrogens with zero attached hydrogens (tertiary/aromatic N) is 4. The second-order valence-electron chi connectivity index (χ2n) is 6.05. The van der Waals surface area contributed by atoms with Gasteiger partial charge in [0.2, 0.25) is 0 Å². The average Bonchev–Trinajstić information content (AvgIpc) is 3.14. The third-order valence-corrected chi connectivity index (χ3v) is 4.35. The molecule has 3 N–H and O–H groups in total. The lowest BCUT2D eigenvalue weighted by molar-refractivity contribution is 0.247. The molecule has 1 aromatic heterocycles. The van der Waals surface area contributed by atoms with Crippen LogP contribution in [-0.2, 0) is 7.05 Å². The van der Waals surface area contributed by atoms with Gasteiger partial charge in [0.25, 0.3) is 0 Å². The fourth-order valence-electron chi connectivity index (χ4n) is 3.13. The number of nitrogens with one attached hydrogen (secondary N) is 1. The Morgan fingerprint density at radius 2 is 1.95 bits per heavy atom. The molecule has 1 aromatic rings. The summed E-state index contributed by atoms with van der Waals surface area (Å²) in [6.07, 6.45) is 2.82. The summed E-state index contributed by atoms with van der Waals surface area (Å²) < 4.78 is 1.86. The fraction of sp³-hybridized carbons (Fsp3) is 0.714. The molecule has 0 amide bonds. The molecule has 1 saturated heterocycles. The molecule has 0 aromatic carbocycles. The largest absolute Gasteiger partial charge is 0.384 e. The van der Waals surface area contributed by atoms with Crippen LogP contribution in [-0.4, -0.2) is 53.2 Å². The van der Waals surface area contributed by atoms with Crippen molar-refractivity contribution in [2.75, 3.05) is 37.6 Å². The van der Waals surface area contributed by atoms with Crippen molar-refractivity contribution in [2.45, 2.75) is 19.8 Å². The highest BCUT2D eigenvalue weighted by Crippen LogP contribution is 2.30. The molecular formula is C14H24N6. The minimum Gasteiger partial charge on any atom is -0.384 e. The van der Waals surface area contributed by atoms with Gasteiger partial charge in [0, 0.05) is 39.8 Å². The van der Waals surface area contributed by atoms with Crippen molar-refractivity contribution in [1.82, 2.24) is 14.7 Å². The van der Waals surface area contributed by atoms with Crippen molar-refractivity contribution in [3.63, 3.8) is 0 Å². The van der Waals surface area contributed by atoms with E-state index in [9.17, 15) is 0 Å². The molecule has 2 aliphatic rings. The molecule has 2 fully saturated rings. The summed E-state index contributed by atoms with van der Waals surface area (Å²) in [5.41, 5.74) is 7.37. The van der Waals surface area contributed by atoms with Crippen LogP contribution in [0.2, 0.25) is 0 Å². The standard InChI is InChI=1S/C14H24N6/c1-10-12(13(15)16)14(18(2)17-10)20-7-5-19(6-8-20)9-11-3-4-11/h11H,3-9H2,1-2H3,(H3,15,16). The molecule has 1 saturated carbocycles. The predicted molar refractivity (Wildman–Crippen MR) is 80.3 cm³/mol. The SMILES string of the molecule is Cc1nn(C)c(N2CCN(CC3CC3)CC2)c1C(=N)N. The highest BCUT2D eigenvalue weighted by molar-refractivity contribution is 6.00. The van der Waals surface area contributed by atoms with Gasteiger partial charge in [-0.25, -0.2) is 0 Å². The second kappa shape index (κ2) is 5.09. The van der Waals surface area contributed by atoms with Gasteiger partial charge in [0.05, 0.1) is 11.3 Å². The van der Waals surface area contributed by atoms with Crippen molar-refractivity contribution in [3.05, 3.63) is 11.3 Å². The number of nitrogen functional groups attached to an aromatic ring is 1. The summed E-state index contributed by atoms with van der Waals surface area (Å²) in [5, 5.41) is 12.2. The lowest BCUT2D eigenvalue weighted by atomic mass is 10.2. The molecule has 3 rings (SSSR count). The van der Waals surface area contributed by atoms with E-state index in [0.29, 0.717) is 0 Å². The Balaban J connectivity index is 1.72. The monoisotopic (exact) mass is 276 g/mol. The van der Waals surface area contributed by atoms with Crippen molar-refractivity contribution < 1.29 is 0 Å². The molecule has 0 atom stereocenters. The minimum atomic E-state index is 0.117. The Hall–Kier alpha value is -1.56. The number of aryl methyl sites for hydroxylation is 2. The van der Waals surface area contributed by atoms with Crippen LogP contribution in [0.1, 0.15) is 24.1 Å². The zero-order chi connectivity index (χ0) is 14.3. The van der Waals surface area contributed by atoms with Gasteiger partial charge in [-0.3, -0.25) is 15.0 Å². The van der Waals surface area contributed by atoms with E-state index < -0.39 is 0 Å². The van der Waals surface area contributed by atoms with Crippen LogP contribution >= 0.6 is 0 Å². The van der Waals surface area contributed by atoms with Gasteiger partial charge in [0.15, 0.2) is 0 Å². The number of aromatic nitrogens is 2. The van der Waals surface area contributed by atoms with E-state index in [4.69, 9.17) is 11.1 Å². The Morgan fingerprint density at radius 3 is 2.50 bits per heavy atom. The maximum atomic E-state index is 7.78. The lowest BCUT2D eigenvalue weighted by Gasteiger charge is -2.36. The lowest BCUT2D eigenvalue weighted by Crippen LogP contribution is -2.48. The van der Waals surface area contributed by atoms with Crippen LogP contribution in [0.15, 0.2) is 0 Å². The topological polar surface area (TPSA) is 74.2 Å². The first-order chi connectivity index (χ1) is 9.56. The molecule has 0 radical (unpaired) electrons. The Kier molecular flexibility index (Phi) is 3.41. The summed E-state index contributed by atoms with van der Waals surface area (Å²) >= 11 is 0. The molecule has 20 heavy (non-hydrogen) atoms. The van der Waals surface area contributed by atoms with Crippen molar-refractivity contribution in [2.24, 2.45) is 18.7 Å². The fourth-order valence-corrected chi connectivity index (χ4v) is 3.13. The number of hydrogen-bond donors (Lipinski definition) is 2. The zero-order valence-electron chi connectivity index (χ0n) is 12.4. The second-order valence-corrected chi connectivity index (χ2v) is 6.05. The normalized spacial score (nSPS) is 20.4. The van der Waals surface area contributed by atoms with E-state index in [1.807, 2.05) is 18.7 Å². The number of nitrogens with two attached hydrogens (primary N) is 1. The van der Waals surface area contributed by atoms with E-state index >= 15 is 0 Å². The minimum absolute atomic E-state index is 0.117. The van der Waals surface area contributed by atoms with Gasteiger partial charge < -0.3 is 10.6 Å². The molecule has 1 aliphatic carbocycles. The maximum absolute atomic E-state index is 7.78. The summed E-state index contributed by atoms with van der Waals surface area (Å²) in [7, 11) is 1.94. The first-order valence-corrected chi connectivity index (χ1v) is 7.41. The van der Waals surface area contributed by atoms with Crippen LogP contribution in [0.3, 0.4) is 0 Å². The Morgan fingerprint density at radius 1 is 1.30 bits per heavy atom. The molecule has 6 heteroatoms. The third-order valence-electron chi connectivity index (χ3n) is 4.35. The molecule has 6 nitrogen and oxygen atoms in total. The highest BCUT2D eigenvalue weighted by Gasteiger charge is 2.28. The summed E-state index contributed by atoms with van der Waals surface area (Å²) in [4.78, 5) is 4.88. The van der Waals surface area contributed by atoms with E-state index in [1.165, 1.54) is 19.4 Å². The summed E-state index contributed by atoms with van der Waals surface area (Å²) in [6, 6.07) is 0. The summed E-state index contributed by atoms with van der Waals surface area (Å²) in [6.45, 7) is 7.36. The maximum Gasteiger partial charge on any atom is 0.137 e. The van der Waals surface area contributed by atoms with Crippen LogP contribution in [0, 0.1) is 18.3 Å². The van der Waals surface area contributed by atoms with Crippen molar-refractivity contribution in [3.8, 4) is 0 Å². The van der Waals surface area contributed by atoms with Gasteiger partial charge in [-0.1, -0.05) is 0 Å². The average molecular weight is 276 g/mol.